The van der Waals surface area contributed by atoms with E-state index in [9.17, 15) is 0 Å². The van der Waals surface area contributed by atoms with E-state index < -0.39 is 0 Å². The molecule has 1 unspecified atom stereocenters. The number of unbranched alkanes of at least 4 members (excludes halogenated alkanes) is 3. The van der Waals surface area contributed by atoms with E-state index in [-0.39, 0.29) is 0 Å². The van der Waals surface area contributed by atoms with Gasteiger partial charge in [0.05, 0.1) is 0 Å². The summed E-state index contributed by atoms with van der Waals surface area (Å²) >= 11 is 0. The standard InChI is InChI=1S/C18H30N2/c1-4-6-7-8-12-20-13-11-17-14-16(9-10-18(17)20)15(3)19-5-2/h9-10,14-15,19H,4-8,11-13H2,1-3H3. The highest BCUT2D eigenvalue weighted by molar-refractivity contribution is 5.59. The van der Waals surface area contributed by atoms with Gasteiger partial charge < -0.3 is 10.2 Å². The number of anilines is 1. The van der Waals surface area contributed by atoms with Crippen LogP contribution in [0.25, 0.3) is 0 Å². The lowest BCUT2D eigenvalue weighted by molar-refractivity contribution is 0.598. The molecule has 2 rings (SSSR count). The topological polar surface area (TPSA) is 15.3 Å². The third-order valence-corrected chi connectivity index (χ3v) is 4.39. The first kappa shape index (κ1) is 15.4. The monoisotopic (exact) mass is 274 g/mol. The molecule has 2 nitrogen and oxygen atoms in total. The first-order chi connectivity index (χ1) is 9.76. The van der Waals surface area contributed by atoms with E-state index in [1.165, 1.54) is 56.4 Å². The van der Waals surface area contributed by atoms with E-state index in [4.69, 9.17) is 0 Å². The summed E-state index contributed by atoms with van der Waals surface area (Å²) in [5.41, 5.74) is 4.45. The van der Waals surface area contributed by atoms with Gasteiger partial charge in [-0.15, -0.1) is 0 Å². The molecule has 0 saturated heterocycles. The van der Waals surface area contributed by atoms with Gasteiger partial charge in [0.15, 0.2) is 0 Å². The van der Waals surface area contributed by atoms with Crippen LogP contribution in [0.2, 0.25) is 0 Å². The van der Waals surface area contributed by atoms with Crippen LogP contribution in [0.5, 0.6) is 0 Å². The zero-order chi connectivity index (χ0) is 14.4. The molecule has 1 aliphatic heterocycles. The molecule has 0 spiro atoms. The highest BCUT2D eigenvalue weighted by Crippen LogP contribution is 2.30. The van der Waals surface area contributed by atoms with Gasteiger partial charge >= 0.3 is 0 Å². The van der Waals surface area contributed by atoms with Crippen molar-refractivity contribution in [1.82, 2.24) is 5.32 Å². The van der Waals surface area contributed by atoms with E-state index >= 15 is 0 Å². The van der Waals surface area contributed by atoms with Crippen molar-refractivity contribution in [3.05, 3.63) is 29.3 Å². The molecule has 0 aromatic heterocycles. The molecule has 112 valence electrons. The number of rotatable bonds is 8. The summed E-state index contributed by atoms with van der Waals surface area (Å²) in [6, 6.07) is 7.51. The predicted molar refractivity (Wildman–Crippen MR) is 88.6 cm³/mol. The van der Waals surface area contributed by atoms with Crippen molar-refractivity contribution in [2.24, 2.45) is 0 Å². The van der Waals surface area contributed by atoms with Crippen molar-refractivity contribution in [1.29, 1.82) is 0 Å². The Labute approximate surface area is 124 Å². The minimum Gasteiger partial charge on any atom is -0.371 e. The fourth-order valence-electron chi connectivity index (χ4n) is 3.15. The van der Waals surface area contributed by atoms with Crippen LogP contribution in [0.15, 0.2) is 18.2 Å². The van der Waals surface area contributed by atoms with Crippen molar-refractivity contribution in [2.75, 3.05) is 24.5 Å². The van der Waals surface area contributed by atoms with Gasteiger partial charge in [-0.2, -0.15) is 0 Å². The van der Waals surface area contributed by atoms with Crippen LogP contribution in [-0.2, 0) is 6.42 Å². The molecule has 0 radical (unpaired) electrons. The van der Waals surface area contributed by atoms with Crippen molar-refractivity contribution >= 4 is 5.69 Å². The van der Waals surface area contributed by atoms with Crippen LogP contribution in [-0.4, -0.2) is 19.6 Å². The molecular formula is C18H30N2. The van der Waals surface area contributed by atoms with Gasteiger partial charge in [0.1, 0.15) is 0 Å². The minimum atomic E-state index is 0.462. The third kappa shape index (κ3) is 3.76. The number of benzene rings is 1. The Hall–Kier alpha value is -1.02. The van der Waals surface area contributed by atoms with Crippen molar-refractivity contribution < 1.29 is 0 Å². The number of fused-ring (bicyclic) bond motifs is 1. The quantitative estimate of drug-likeness (QED) is 0.711. The Balaban J connectivity index is 1.95. The molecule has 0 amide bonds. The van der Waals surface area contributed by atoms with Crippen LogP contribution >= 0.6 is 0 Å². The lowest BCUT2D eigenvalue weighted by atomic mass is 10.0. The van der Waals surface area contributed by atoms with Crippen LogP contribution in [0.3, 0.4) is 0 Å². The van der Waals surface area contributed by atoms with Gasteiger partial charge in [0.25, 0.3) is 0 Å². The molecule has 1 aliphatic rings. The molecule has 20 heavy (non-hydrogen) atoms. The number of nitrogens with one attached hydrogen (secondary N) is 1. The summed E-state index contributed by atoms with van der Waals surface area (Å²) < 4.78 is 0. The fraction of sp³-hybridized carbons (Fsp3) is 0.667. The molecule has 2 heteroatoms. The van der Waals surface area contributed by atoms with Crippen LogP contribution in [0.1, 0.15) is 63.6 Å². The lowest BCUT2D eigenvalue weighted by Gasteiger charge is -2.20. The number of hydrogen-bond acceptors (Lipinski definition) is 2. The molecule has 1 heterocycles. The first-order valence-electron chi connectivity index (χ1n) is 8.37. The number of nitrogens with zero attached hydrogens (tertiary/aromatic N) is 1. The zero-order valence-electron chi connectivity index (χ0n) is 13.4. The molecule has 1 aromatic carbocycles. The van der Waals surface area contributed by atoms with Crippen LogP contribution in [0.4, 0.5) is 5.69 Å². The molecule has 1 atom stereocenters. The van der Waals surface area contributed by atoms with Gasteiger partial charge in [-0.05, 0) is 43.5 Å². The van der Waals surface area contributed by atoms with E-state index in [1.807, 2.05) is 0 Å². The molecule has 0 fully saturated rings. The smallest absolute Gasteiger partial charge is 0.0399 e. The Kier molecular flexibility index (Phi) is 5.90. The highest BCUT2D eigenvalue weighted by atomic mass is 15.1. The first-order valence-corrected chi connectivity index (χ1v) is 8.37. The SMILES string of the molecule is CCCCCCN1CCc2cc(C(C)NCC)ccc21. The van der Waals surface area contributed by atoms with Crippen LogP contribution in [0, 0.1) is 0 Å². The largest absolute Gasteiger partial charge is 0.371 e. The van der Waals surface area contributed by atoms with Gasteiger partial charge in [0.2, 0.25) is 0 Å². The minimum absolute atomic E-state index is 0.462. The average Bonchev–Trinajstić information content (AvgIpc) is 2.86. The Morgan fingerprint density at radius 1 is 1.20 bits per heavy atom. The van der Waals surface area contributed by atoms with Gasteiger partial charge in [-0.1, -0.05) is 45.2 Å². The van der Waals surface area contributed by atoms with Crippen molar-refractivity contribution in [3.8, 4) is 0 Å². The van der Waals surface area contributed by atoms with Crippen molar-refractivity contribution in [2.45, 2.75) is 58.9 Å². The average molecular weight is 274 g/mol. The maximum atomic E-state index is 3.50. The summed E-state index contributed by atoms with van der Waals surface area (Å²) in [5, 5.41) is 3.50. The summed E-state index contributed by atoms with van der Waals surface area (Å²) in [6.45, 7) is 10.2. The zero-order valence-corrected chi connectivity index (χ0v) is 13.4. The van der Waals surface area contributed by atoms with Gasteiger partial charge in [0, 0.05) is 24.8 Å². The maximum absolute atomic E-state index is 3.50. The molecule has 1 N–H and O–H groups in total. The summed E-state index contributed by atoms with van der Waals surface area (Å²) in [4.78, 5) is 2.58. The highest BCUT2D eigenvalue weighted by Gasteiger charge is 2.19. The van der Waals surface area contributed by atoms with Crippen molar-refractivity contribution in [3.63, 3.8) is 0 Å². The molecule has 0 aliphatic carbocycles. The fourth-order valence-corrected chi connectivity index (χ4v) is 3.15. The van der Waals surface area contributed by atoms with E-state index in [0.717, 1.165) is 6.54 Å². The van der Waals surface area contributed by atoms with Gasteiger partial charge in [-0.25, -0.2) is 0 Å². The van der Waals surface area contributed by atoms with Crippen LogP contribution < -0.4 is 10.2 Å². The second-order valence-electron chi connectivity index (χ2n) is 5.97. The summed E-state index contributed by atoms with van der Waals surface area (Å²) in [5.74, 6) is 0. The molecular weight excluding hydrogens is 244 g/mol. The predicted octanol–water partition coefficient (Wildman–Crippen LogP) is 4.30. The van der Waals surface area contributed by atoms with E-state index in [2.05, 4.69) is 49.2 Å². The van der Waals surface area contributed by atoms with E-state index in [0.29, 0.717) is 6.04 Å². The van der Waals surface area contributed by atoms with Gasteiger partial charge in [-0.3, -0.25) is 0 Å². The van der Waals surface area contributed by atoms with E-state index in [1.54, 1.807) is 5.56 Å². The molecule has 0 bridgehead atoms. The Morgan fingerprint density at radius 2 is 2.05 bits per heavy atom. The normalized spacial score (nSPS) is 15.4. The third-order valence-electron chi connectivity index (χ3n) is 4.39. The summed E-state index contributed by atoms with van der Waals surface area (Å²) in [7, 11) is 0. The number of hydrogen-bond donors (Lipinski definition) is 1. The summed E-state index contributed by atoms with van der Waals surface area (Å²) in [6.07, 6.45) is 6.62. The second kappa shape index (κ2) is 7.68. The lowest BCUT2D eigenvalue weighted by Crippen LogP contribution is -2.21. The molecule has 0 saturated carbocycles. The maximum Gasteiger partial charge on any atom is 0.0399 e. The molecule has 1 aromatic rings. The second-order valence-corrected chi connectivity index (χ2v) is 5.97. The Bertz CT molecular complexity index is 414. The Morgan fingerprint density at radius 3 is 2.80 bits per heavy atom.